The van der Waals surface area contributed by atoms with Gasteiger partial charge in [0.1, 0.15) is 0 Å². The number of anilines is 1. The molecule has 5 nitrogen and oxygen atoms in total. The Morgan fingerprint density at radius 3 is 2.57 bits per heavy atom. The number of nitrogens with one attached hydrogen (secondary N) is 1. The molecule has 1 aromatic rings. The quantitative estimate of drug-likeness (QED) is 0.864. The van der Waals surface area contributed by atoms with E-state index < -0.39 is 9.84 Å². The molecule has 1 aromatic heterocycles. The topological polar surface area (TPSA) is 62.3 Å². The lowest BCUT2D eigenvalue weighted by Crippen LogP contribution is -2.40. The van der Waals surface area contributed by atoms with E-state index >= 15 is 0 Å². The van der Waals surface area contributed by atoms with Gasteiger partial charge in [0, 0.05) is 24.5 Å². The van der Waals surface area contributed by atoms with Crippen LogP contribution in [0.25, 0.3) is 0 Å². The number of hydrogen-bond donors (Lipinski definition) is 1. The van der Waals surface area contributed by atoms with Gasteiger partial charge < -0.3 is 10.2 Å². The van der Waals surface area contributed by atoms with Gasteiger partial charge in [0.25, 0.3) is 0 Å². The minimum absolute atomic E-state index is 0.244. The lowest BCUT2D eigenvalue weighted by Gasteiger charge is -2.26. The van der Waals surface area contributed by atoms with Crippen molar-refractivity contribution >= 4 is 26.3 Å². The molecule has 120 valence electrons. The van der Waals surface area contributed by atoms with Gasteiger partial charge in [0.05, 0.1) is 17.2 Å². The van der Waals surface area contributed by atoms with Crippen molar-refractivity contribution in [1.82, 2.24) is 10.3 Å². The maximum atomic E-state index is 11.5. The van der Waals surface area contributed by atoms with Gasteiger partial charge in [-0.1, -0.05) is 20.8 Å². The van der Waals surface area contributed by atoms with Crippen molar-refractivity contribution < 1.29 is 8.42 Å². The van der Waals surface area contributed by atoms with Crippen LogP contribution >= 0.6 is 11.3 Å². The molecule has 0 aliphatic carbocycles. The van der Waals surface area contributed by atoms with E-state index in [9.17, 15) is 8.42 Å². The van der Waals surface area contributed by atoms with Gasteiger partial charge in [0.15, 0.2) is 15.0 Å². The highest BCUT2D eigenvalue weighted by atomic mass is 32.2. The highest BCUT2D eigenvalue weighted by molar-refractivity contribution is 7.91. The Bertz CT molecular complexity index is 555. The Hall–Kier alpha value is -0.660. The molecule has 1 unspecified atom stereocenters. The van der Waals surface area contributed by atoms with Gasteiger partial charge in [-0.15, -0.1) is 11.3 Å². The molecule has 1 saturated heterocycles. The molecule has 0 aromatic carbocycles. The average molecular weight is 332 g/mol. The number of thiazole rings is 1. The average Bonchev–Trinajstić information content (AvgIpc) is 2.88. The summed E-state index contributed by atoms with van der Waals surface area (Å²) in [4.78, 5) is 8.22. The summed E-state index contributed by atoms with van der Waals surface area (Å²) in [7, 11) is -2.84. The number of hydrogen-bond acceptors (Lipinski definition) is 6. The maximum absolute atomic E-state index is 11.5. The third-order valence-electron chi connectivity index (χ3n) is 3.95. The van der Waals surface area contributed by atoms with E-state index in [1.807, 2.05) is 0 Å². The summed E-state index contributed by atoms with van der Waals surface area (Å²) < 4.78 is 23.1. The molecule has 0 amide bonds. The molecular formula is C14H25N3O2S2. The molecule has 1 atom stereocenters. The van der Waals surface area contributed by atoms with Gasteiger partial charge in [-0.25, -0.2) is 13.4 Å². The summed E-state index contributed by atoms with van der Waals surface area (Å²) in [6, 6.07) is 0. The van der Waals surface area contributed by atoms with Gasteiger partial charge in [-0.3, -0.25) is 0 Å². The molecule has 0 radical (unpaired) electrons. The summed E-state index contributed by atoms with van der Waals surface area (Å²) in [5.41, 5.74) is 1.17. The summed E-state index contributed by atoms with van der Waals surface area (Å²) in [6.07, 6.45) is 1.07. The van der Waals surface area contributed by atoms with Crippen molar-refractivity contribution in [2.45, 2.75) is 39.7 Å². The van der Waals surface area contributed by atoms with Crippen LogP contribution in [-0.4, -0.2) is 44.5 Å². The molecule has 1 aliphatic rings. The van der Waals surface area contributed by atoms with E-state index in [0.717, 1.165) is 24.6 Å². The second-order valence-electron chi connectivity index (χ2n) is 5.53. The summed E-state index contributed by atoms with van der Waals surface area (Å²) >= 11 is 1.71. The minimum atomic E-state index is -2.84. The molecule has 1 aliphatic heterocycles. The Morgan fingerprint density at radius 1 is 1.33 bits per heavy atom. The van der Waals surface area contributed by atoms with Crippen LogP contribution in [0.2, 0.25) is 0 Å². The Labute approximate surface area is 131 Å². The second-order valence-corrected chi connectivity index (χ2v) is 8.90. The van der Waals surface area contributed by atoms with E-state index in [1.165, 1.54) is 10.6 Å². The number of rotatable bonds is 6. The van der Waals surface area contributed by atoms with E-state index in [2.05, 4.69) is 31.0 Å². The van der Waals surface area contributed by atoms with Crippen LogP contribution in [0.1, 0.15) is 43.7 Å². The lowest BCUT2D eigenvalue weighted by molar-refractivity contribution is 0.586. The lowest BCUT2D eigenvalue weighted by atomic mass is 10.0. The molecule has 0 spiro atoms. The van der Waals surface area contributed by atoms with Crippen LogP contribution in [0.5, 0.6) is 0 Å². The fraction of sp³-hybridized carbons (Fsp3) is 0.786. The van der Waals surface area contributed by atoms with Crippen LogP contribution in [0.4, 0.5) is 5.13 Å². The Kier molecular flexibility index (Phi) is 5.62. The summed E-state index contributed by atoms with van der Waals surface area (Å²) in [5.74, 6) is 0.930. The molecule has 2 heterocycles. The standard InChI is InChI=1S/C14H25N3O2S2/c1-4-11(3)13-12(10-15-5-2)20-14(16-13)17-6-8-21(18,19)9-7-17/h11,15H,4-10H2,1-3H3. The van der Waals surface area contributed by atoms with Crippen molar-refractivity contribution in [3.05, 3.63) is 10.6 Å². The number of nitrogens with zero attached hydrogens (tertiary/aromatic N) is 2. The molecular weight excluding hydrogens is 306 g/mol. The third-order valence-corrected chi connectivity index (χ3v) is 6.69. The molecule has 7 heteroatoms. The molecule has 2 rings (SSSR count). The van der Waals surface area contributed by atoms with E-state index in [1.54, 1.807) is 11.3 Å². The van der Waals surface area contributed by atoms with E-state index in [-0.39, 0.29) is 11.5 Å². The molecule has 0 saturated carbocycles. The van der Waals surface area contributed by atoms with Crippen LogP contribution < -0.4 is 10.2 Å². The normalized spacial score (nSPS) is 19.7. The first-order valence-corrected chi connectivity index (χ1v) is 10.3. The predicted octanol–water partition coefficient (Wildman–Crippen LogP) is 2.00. The third kappa shape index (κ3) is 4.17. The van der Waals surface area contributed by atoms with Crippen molar-refractivity contribution in [3.63, 3.8) is 0 Å². The van der Waals surface area contributed by atoms with E-state index in [4.69, 9.17) is 4.98 Å². The second kappa shape index (κ2) is 7.07. The fourth-order valence-electron chi connectivity index (χ4n) is 2.33. The first kappa shape index (κ1) is 16.7. The molecule has 1 N–H and O–H groups in total. The largest absolute Gasteiger partial charge is 0.346 e. The van der Waals surface area contributed by atoms with Crippen molar-refractivity contribution in [1.29, 1.82) is 0 Å². The smallest absolute Gasteiger partial charge is 0.185 e. The monoisotopic (exact) mass is 331 g/mol. The number of aromatic nitrogens is 1. The van der Waals surface area contributed by atoms with Crippen molar-refractivity contribution in [3.8, 4) is 0 Å². The van der Waals surface area contributed by atoms with Gasteiger partial charge in [-0.05, 0) is 18.9 Å². The fourth-order valence-corrected chi connectivity index (χ4v) is 4.74. The van der Waals surface area contributed by atoms with Gasteiger partial charge >= 0.3 is 0 Å². The zero-order chi connectivity index (χ0) is 15.5. The molecule has 1 fully saturated rings. The molecule has 0 bridgehead atoms. The van der Waals surface area contributed by atoms with Crippen LogP contribution in [0.3, 0.4) is 0 Å². The highest BCUT2D eigenvalue weighted by Gasteiger charge is 2.25. The van der Waals surface area contributed by atoms with Crippen LogP contribution in [0, 0.1) is 0 Å². The van der Waals surface area contributed by atoms with Crippen molar-refractivity contribution in [2.75, 3.05) is 36.0 Å². The summed E-state index contributed by atoms with van der Waals surface area (Å²) in [5, 5.41) is 4.35. The Morgan fingerprint density at radius 2 is 2.00 bits per heavy atom. The van der Waals surface area contributed by atoms with Crippen LogP contribution in [-0.2, 0) is 16.4 Å². The maximum Gasteiger partial charge on any atom is 0.185 e. The van der Waals surface area contributed by atoms with Crippen molar-refractivity contribution in [2.24, 2.45) is 0 Å². The first-order valence-electron chi connectivity index (χ1n) is 7.62. The highest BCUT2D eigenvalue weighted by Crippen LogP contribution is 2.32. The Balaban J connectivity index is 2.18. The minimum Gasteiger partial charge on any atom is -0.346 e. The molecule has 21 heavy (non-hydrogen) atoms. The van der Waals surface area contributed by atoms with E-state index in [0.29, 0.717) is 19.0 Å². The van der Waals surface area contributed by atoms with Crippen LogP contribution in [0.15, 0.2) is 0 Å². The van der Waals surface area contributed by atoms with Gasteiger partial charge in [0.2, 0.25) is 0 Å². The first-order chi connectivity index (χ1) is 9.96. The SMILES string of the molecule is CCNCc1sc(N2CCS(=O)(=O)CC2)nc1C(C)CC. The van der Waals surface area contributed by atoms with Gasteiger partial charge in [-0.2, -0.15) is 0 Å². The summed E-state index contributed by atoms with van der Waals surface area (Å²) in [6.45, 7) is 9.39. The number of sulfone groups is 1. The zero-order valence-electron chi connectivity index (χ0n) is 13.1. The zero-order valence-corrected chi connectivity index (χ0v) is 14.7. The predicted molar refractivity (Wildman–Crippen MR) is 89.1 cm³/mol.